The molecule has 0 saturated heterocycles. The van der Waals surface area contributed by atoms with E-state index < -0.39 is 0 Å². The van der Waals surface area contributed by atoms with Crippen LogP contribution in [0.2, 0.25) is 0 Å². The van der Waals surface area contributed by atoms with Gasteiger partial charge in [-0.25, -0.2) is 0 Å². The number of carbonyl (C=O) groups is 1. The average Bonchev–Trinajstić information content (AvgIpc) is 2.36. The minimum atomic E-state index is -0.217. The van der Waals surface area contributed by atoms with Crippen molar-refractivity contribution in [3.8, 4) is 0 Å². The third-order valence-electron chi connectivity index (χ3n) is 2.81. The summed E-state index contributed by atoms with van der Waals surface area (Å²) >= 11 is 8.39. The molecule has 0 aromatic heterocycles. The van der Waals surface area contributed by atoms with Crippen molar-refractivity contribution in [2.75, 3.05) is 25.6 Å². The molecule has 0 saturated carbocycles. The van der Waals surface area contributed by atoms with E-state index in [0.717, 1.165) is 15.7 Å². The van der Waals surface area contributed by atoms with E-state index in [9.17, 15) is 4.79 Å². The molecule has 0 aliphatic heterocycles. The Bertz CT molecular complexity index is 494. The van der Waals surface area contributed by atoms with E-state index in [1.807, 2.05) is 37.1 Å². The predicted molar refractivity (Wildman–Crippen MR) is 84.5 cm³/mol. The van der Waals surface area contributed by atoms with Crippen LogP contribution in [0.5, 0.6) is 0 Å². The van der Waals surface area contributed by atoms with Crippen LogP contribution in [0, 0.1) is 5.92 Å². The monoisotopic (exact) mass is 344 g/mol. The zero-order chi connectivity index (χ0) is 14.6. The van der Waals surface area contributed by atoms with Crippen molar-refractivity contribution < 1.29 is 9.53 Å². The van der Waals surface area contributed by atoms with Crippen LogP contribution in [0.1, 0.15) is 12.5 Å². The maximum absolute atomic E-state index is 11.4. The van der Waals surface area contributed by atoms with Crippen LogP contribution in [0.4, 0.5) is 5.69 Å². The van der Waals surface area contributed by atoms with Gasteiger partial charge in [0.1, 0.15) is 4.99 Å². The van der Waals surface area contributed by atoms with Crippen LogP contribution in [-0.2, 0) is 9.53 Å². The van der Waals surface area contributed by atoms with Gasteiger partial charge in [-0.1, -0.05) is 19.1 Å². The highest BCUT2D eigenvalue weighted by atomic mass is 79.9. The minimum absolute atomic E-state index is 0.191. The second-order valence-electron chi connectivity index (χ2n) is 4.33. The van der Waals surface area contributed by atoms with E-state index in [2.05, 4.69) is 15.9 Å². The molecule has 0 amide bonds. The van der Waals surface area contributed by atoms with E-state index in [1.54, 1.807) is 0 Å². The first-order valence-electron chi connectivity index (χ1n) is 5.75. The Morgan fingerprint density at radius 1 is 1.58 bits per heavy atom. The summed E-state index contributed by atoms with van der Waals surface area (Å²) in [6.07, 6.45) is 0. The fraction of sp³-hybridized carbons (Fsp3) is 0.385. The molecule has 4 nitrogen and oxygen atoms in total. The van der Waals surface area contributed by atoms with Gasteiger partial charge in [0.05, 0.1) is 13.0 Å². The first-order valence-corrected chi connectivity index (χ1v) is 6.95. The molecular formula is C13H17BrN2O2S. The van der Waals surface area contributed by atoms with Crippen molar-refractivity contribution in [2.24, 2.45) is 11.7 Å². The topological polar surface area (TPSA) is 55.6 Å². The molecule has 2 N–H and O–H groups in total. The second-order valence-corrected chi connectivity index (χ2v) is 5.63. The van der Waals surface area contributed by atoms with Gasteiger partial charge in [0.25, 0.3) is 0 Å². The van der Waals surface area contributed by atoms with Crippen molar-refractivity contribution in [2.45, 2.75) is 6.92 Å². The third-order valence-corrected chi connectivity index (χ3v) is 3.69. The summed E-state index contributed by atoms with van der Waals surface area (Å²) < 4.78 is 5.56. The molecule has 0 fully saturated rings. The number of esters is 1. The van der Waals surface area contributed by atoms with Crippen molar-refractivity contribution in [3.63, 3.8) is 0 Å². The molecule has 0 bridgehead atoms. The Morgan fingerprint density at radius 3 is 2.68 bits per heavy atom. The molecule has 0 aliphatic rings. The maximum Gasteiger partial charge on any atom is 0.310 e. The molecule has 1 unspecified atom stereocenters. The average molecular weight is 345 g/mol. The van der Waals surface area contributed by atoms with Crippen molar-refractivity contribution in [1.29, 1.82) is 0 Å². The van der Waals surface area contributed by atoms with E-state index in [0.29, 0.717) is 11.5 Å². The number of ether oxygens (including phenoxy) is 1. The van der Waals surface area contributed by atoms with Crippen molar-refractivity contribution in [3.05, 3.63) is 28.2 Å². The highest BCUT2D eigenvalue weighted by Crippen LogP contribution is 2.24. The Morgan fingerprint density at radius 2 is 2.21 bits per heavy atom. The van der Waals surface area contributed by atoms with Gasteiger partial charge < -0.3 is 15.4 Å². The van der Waals surface area contributed by atoms with Crippen molar-refractivity contribution >= 4 is 44.8 Å². The van der Waals surface area contributed by atoms with E-state index in [4.69, 9.17) is 22.7 Å². The maximum atomic E-state index is 11.4. The van der Waals surface area contributed by atoms with Crippen molar-refractivity contribution in [1.82, 2.24) is 0 Å². The number of nitrogens with zero attached hydrogens (tertiary/aromatic N) is 1. The van der Waals surface area contributed by atoms with Crippen LogP contribution in [0.3, 0.4) is 0 Å². The number of thiocarbonyl (C=S) groups is 1. The molecule has 1 aromatic carbocycles. The lowest BCUT2D eigenvalue weighted by molar-refractivity contribution is -0.144. The Balaban J connectivity index is 2.83. The van der Waals surface area contributed by atoms with Crippen LogP contribution in [-0.4, -0.2) is 31.7 Å². The zero-order valence-electron chi connectivity index (χ0n) is 11.1. The summed E-state index contributed by atoms with van der Waals surface area (Å²) in [6, 6.07) is 5.71. The second kappa shape index (κ2) is 6.86. The Kier molecular flexibility index (Phi) is 5.75. The summed E-state index contributed by atoms with van der Waals surface area (Å²) in [7, 11) is 3.31. The standard InChI is InChI=1S/C13H17BrN2O2S/c1-8(13(17)18-3)7-16(2)9-4-5-10(12(15)19)11(14)6-9/h4-6,8H,7H2,1-3H3,(H2,15,19). The first kappa shape index (κ1) is 15.9. The molecule has 0 radical (unpaired) electrons. The number of benzene rings is 1. The van der Waals surface area contributed by atoms with Gasteiger partial charge >= 0.3 is 5.97 Å². The summed E-state index contributed by atoms with van der Waals surface area (Å²) in [5.41, 5.74) is 7.38. The summed E-state index contributed by atoms with van der Waals surface area (Å²) in [6.45, 7) is 2.41. The fourth-order valence-electron chi connectivity index (χ4n) is 1.73. The number of anilines is 1. The van der Waals surface area contributed by atoms with E-state index in [-0.39, 0.29) is 11.9 Å². The molecule has 0 aliphatic carbocycles. The molecule has 1 rings (SSSR count). The normalized spacial score (nSPS) is 11.8. The lowest BCUT2D eigenvalue weighted by Crippen LogP contribution is -2.29. The van der Waals surface area contributed by atoms with Gasteiger partial charge in [-0.2, -0.15) is 0 Å². The molecule has 6 heteroatoms. The molecule has 104 valence electrons. The number of carbonyl (C=O) groups excluding carboxylic acids is 1. The number of methoxy groups -OCH3 is 1. The molecule has 0 spiro atoms. The SMILES string of the molecule is COC(=O)C(C)CN(C)c1ccc(C(N)=S)c(Br)c1. The number of nitrogens with two attached hydrogens (primary N) is 1. The lowest BCUT2D eigenvalue weighted by atomic mass is 10.1. The van der Waals surface area contributed by atoms with E-state index in [1.165, 1.54) is 7.11 Å². The molecule has 0 heterocycles. The summed E-state index contributed by atoms with van der Waals surface area (Å²) in [4.78, 5) is 13.7. The number of halogens is 1. The van der Waals surface area contributed by atoms with Crippen LogP contribution in [0.25, 0.3) is 0 Å². The molecule has 1 atom stereocenters. The zero-order valence-corrected chi connectivity index (χ0v) is 13.5. The van der Waals surface area contributed by atoms with Crippen LogP contribution in [0.15, 0.2) is 22.7 Å². The Labute approximate surface area is 127 Å². The highest BCUT2D eigenvalue weighted by molar-refractivity contribution is 9.10. The quantitative estimate of drug-likeness (QED) is 0.656. The van der Waals surface area contributed by atoms with Gasteiger partial charge in [0, 0.05) is 29.3 Å². The molecular weight excluding hydrogens is 328 g/mol. The van der Waals surface area contributed by atoms with Crippen LogP contribution >= 0.6 is 28.1 Å². The first-order chi connectivity index (χ1) is 8.86. The van der Waals surface area contributed by atoms with Gasteiger partial charge in [-0.05, 0) is 34.1 Å². The number of hydrogen-bond acceptors (Lipinski definition) is 4. The fourth-order valence-corrected chi connectivity index (χ4v) is 2.62. The summed E-state index contributed by atoms with van der Waals surface area (Å²) in [5, 5.41) is 0. The lowest BCUT2D eigenvalue weighted by Gasteiger charge is -2.23. The van der Waals surface area contributed by atoms with Crippen LogP contribution < -0.4 is 10.6 Å². The smallest absolute Gasteiger partial charge is 0.310 e. The Hall–Kier alpha value is -1.14. The number of hydrogen-bond donors (Lipinski definition) is 1. The third kappa shape index (κ3) is 4.18. The highest BCUT2D eigenvalue weighted by Gasteiger charge is 2.16. The van der Waals surface area contributed by atoms with E-state index >= 15 is 0 Å². The predicted octanol–water partition coefficient (Wildman–Crippen LogP) is 2.33. The van der Waals surface area contributed by atoms with Gasteiger partial charge in [-0.15, -0.1) is 0 Å². The van der Waals surface area contributed by atoms with Gasteiger partial charge in [0.2, 0.25) is 0 Å². The summed E-state index contributed by atoms with van der Waals surface area (Å²) in [5.74, 6) is -0.408. The number of rotatable bonds is 5. The van der Waals surface area contributed by atoms with Gasteiger partial charge in [0.15, 0.2) is 0 Å². The largest absolute Gasteiger partial charge is 0.469 e. The molecule has 1 aromatic rings. The minimum Gasteiger partial charge on any atom is -0.469 e. The molecule has 19 heavy (non-hydrogen) atoms. The van der Waals surface area contributed by atoms with Gasteiger partial charge in [-0.3, -0.25) is 4.79 Å².